The Balaban J connectivity index is 1.93. The lowest BCUT2D eigenvalue weighted by molar-refractivity contribution is 0.129. The molecule has 2 rings (SSSR count). The topological polar surface area (TPSA) is 83.0 Å². The van der Waals surface area contributed by atoms with E-state index >= 15 is 0 Å². The molecule has 0 radical (unpaired) electrons. The lowest BCUT2D eigenvalue weighted by atomic mass is 10.1. The Morgan fingerprint density at radius 1 is 1.26 bits per heavy atom. The van der Waals surface area contributed by atoms with Crippen molar-refractivity contribution >= 4 is 16.0 Å². The van der Waals surface area contributed by atoms with Crippen LogP contribution in [0.15, 0.2) is 35.3 Å². The molecule has 0 saturated carbocycles. The standard InChI is InChI=1S/C19H32N4O3S/c1-5-20-18(21-15-19(2,3)22-27(4,24)25)23-13-11-17(12-14-23)26-16-9-7-6-8-10-16/h6-10,17,22H,5,11-15H2,1-4H3,(H,20,21). The molecule has 1 aromatic rings. The number of hydrogen-bond acceptors (Lipinski definition) is 4. The SMILES string of the molecule is CCNC(=NCC(C)(C)NS(C)(=O)=O)N1CCC(Oc2ccccc2)CC1. The normalized spacial score (nSPS) is 17.0. The summed E-state index contributed by atoms with van der Waals surface area (Å²) in [5, 5.41) is 3.31. The number of aliphatic imine (C=N–C) groups is 1. The Hall–Kier alpha value is -1.80. The van der Waals surface area contributed by atoms with Crippen molar-refractivity contribution < 1.29 is 13.2 Å². The smallest absolute Gasteiger partial charge is 0.209 e. The van der Waals surface area contributed by atoms with Crippen LogP contribution in [0.4, 0.5) is 0 Å². The van der Waals surface area contributed by atoms with Gasteiger partial charge in [0.05, 0.1) is 12.8 Å². The van der Waals surface area contributed by atoms with Crippen LogP contribution in [-0.4, -0.2) is 63.4 Å². The molecule has 2 N–H and O–H groups in total. The third kappa shape index (κ3) is 7.76. The van der Waals surface area contributed by atoms with Gasteiger partial charge in [0.2, 0.25) is 10.0 Å². The number of rotatable bonds is 7. The van der Waals surface area contributed by atoms with E-state index in [2.05, 4.69) is 19.9 Å². The van der Waals surface area contributed by atoms with E-state index in [9.17, 15) is 8.42 Å². The molecular formula is C19H32N4O3S. The van der Waals surface area contributed by atoms with Gasteiger partial charge in [-0.15, -0.1) is 0 Å². The molecule has 7 nitrogen and oxygen atoms in total. The summed E-state index contributed by atoms with van der Waals surface area (Å²) in [6, 6.07) is 9.90. The summed E-state index contributed by atoms with van der Waals surface area (Å²) in [6.45, 7) is 8.53. The summed E-state index contributed by atoms with van der Waals surface area (Å²) >= 11 is 0. The second-order valence-corrected chi connectivity index (χ2v) is 9.29. The van der Waals surface area contributed by atoms with Gasteiger partial charge in [0.25, 0.3) is 0 Å². The molecule has 1 fully saturated rings. The second kappa shape index (κ2) is 9.41. The number of nitrogens with one attached hydrogen (secondary N) is 2. The number of nitrogens with zero attached hydrogens (tertiary/aromatic N) is 2. The molecule has 1 aliphatic rings. The highest BCUT2D eigenvalue weighted by molar-refractivity contribution is 7.88. The Labute approximate surface area is 163 Å². The molecule has 1 heterocycles. The van der Waals surface area contributed by atoms with Crippen molar-refractivity contribution in [2.24, 2.45) is 4.99 Å². The number of ether oxygens (including phenoxy) is 1. The summed E-state index contributed by atoms with van der Waals surface area (Å²) in [4.78, 5) is 6.88. The molecule has 0 spiro atoms. The number of benzene rings is 1. The van der Waals surface area contributed by atoms with Gasteiger partial charge in [-0.3, -0.25) is 4.99 Å². The van der Waals surface area contributed by atoms with Crippen LogP contribution < -0.4 is 14.8 Å². The first kappa shape index (κ1) is 21.5. The van der Waals surface area contributed by atoms with Crippen LogP contribution in [0, 0.1) is 0 Å². The Morgan fingerprint density at radius 3 is 2.44 bits per heavy atom. The van der Waals surface area contributed by atoms with Crippen LogP contribution in [0.3, 0.4) is 0 Å². The first-order valence-electron chi connectivity index (χ1n) is 9.42. The maximum absolute atomic E-state index is 11.5. The Morgan fingerprint density at radius 2 is 1.89 bits per heavy atom. The predicted octanol–water partition coefficient (Wildman–Crippen LogP) is 1.82. The molecule has 152 valence electrons. The van der Waals surface area contributed by atoms with Crippen LogP contribution in [0.2, 0.25) is 0 Å². The van der Waals surface area contributed by atoms with E-state index in [4.69, 9.17) is 4.74 Å². The zero-order valence-corrected chi connectivity index (χ0v) is 17.6. The summed E-state index contributed by atoms with van der Waals surface area (Å²) in [7, 11) is -3.27. The third-order valence-electron chi connectivity index (χ3n) is 4.21. The molecule has 0 bridgehead atoms. The summed E-state index contributed by atoms with van der Waals surface area (Å²) in [6.07, 6.45) is 3.21. The van der Waals surface area contributed by atoms with E-state index in [0.29, 0.717) is 6.54 Å². The van der Waals surface area contributed by atoms with Gasteiger partial charge in [0.15, 0.2) is 5.96 Å². The van der Waals surface area contributed by atoms with Crippen molar-refractivity contribution in [1.82, 2.24) is 14.9 Å². The molecule has 0 aromatic heterocycles. The monoisotopic (exact) mass is 396 g/mol. The molecule has 1 aromatic carbocycles. The highest BCUT2D eigenvalue weighted by Gasteiger charge is 2.25. The van der Waals surface area contributed by atoms with Gasteiger partial charge < -0.3 is 15.0 Å². The Bertz CT molecular complexity index is 712. The zero-order chi connectivity index (χ0) is 19.9. The molecule has 8 heteroatoms. The number of para-hydroxylation sites is 1. The van der Waals surface area contributed by atoms with E-state index in [1.165, 1.54) is 6.26 Å². The molecule has 1 saturated heterocycles. The maximum Gasteiger partial charge on any atom is 0.209 e. The van der Waals surface area contributed by atoms with Gasteiger partial charge >= 0.3 is 0 Å². The first-order valence-corrected chi connectivity index (χ1v) is 11.3. The lowest BCUT2D eigenvalue weighted by Crippen LogP contribution is -2.49. The van der Waals surface area contributed by atoms with Crippen LogP contribution in [0.1, 0.15) is 33.6 Å². The number of likely N-dealkylation sites (tertiary alicyclic amines) is 1. The predicted molar refractivity (Wildman–Crippen MR) is 110 cm³/mol. The van der Waals surface area contributed by atoms with E-state index in [1.54, 1.807) is 0 Å². The van der Waals surface area contributed by atoms with E-state index in [1.807, 2.05) is 51.1 Å². The molecule has 1 aliphatic heterocycles. The zero-order valence-electron chi connectivity index (χ0n) is 16.7. The number of sulfonamides is 1. The average Bonchev–Trinajstić information content (AvgIpc) is 2.58. The minimum Gasteiger partial charge on any atom is -0.490 e. The molecule has 0 atom stereocenters. The quantitative estimate of drug-likeness (QED) is 0.543. The van der Waals surface area contributed by atoms with Crippen LogP contribution in [0.25, 0.3) is 0 Å². The fraction of sp³-hybridized carbons (Fsp3) is 0.632. The second-order valence-electron chi connectivity index (χ2n) is 7.55. The van der Waals surface area contributed by atoms with Gasteiger partial charge in [-0.05, 0) is 32.9 Å². The molecule has 0 aliphatic carbocycles. The van der Waals surface area contributed by atoms with Crippen molar-refractivity contribution in [2.45, 2.75) is 45.3 Å². The highest BCUT2D eigenvalue weighted by atomic mass is 32.2. The van der Waals surface area contributed by atoms with Gasteiger partial charge in [-0.1, -0.05) is 18.2 Å². The van der Waals surface area contributed by atoms with Crippen molar-refractivity contribution in [3.8, 4) is 5.75 Å². The van der Waals surface area contributed by atoms with Crippen LogP contribution in [0.5, 0.6) is 5.75 Å². The Kier molecular flexibility index (Phi) is 7.49. The minimum atomic E-state index is -3.27. The van der Waals surface area contributed by atoms with Gasteiger partial charge in [0, 0.05) is 38.0 Å². The van der Waals surface area contributed by atoms with Crippen molar-refractivity contribution in [3.05, 3.63) is 30.3 Å². The van der Waals surface area contributed by atoms with Crippen molar-refractivity contribution in [1.29, 1.82) is 0 Å². The molecular weight excluding hydrogens is 364 g/mol. The number of guanidine groups is 1. The minimum absolute atomic E-state index is 0.204. The summed E-state index contributed by atoms with van der Waals surface area (Å²) < 4.78 is 31.7. The largest absolute Gasteiger partial charge is 0.490 e. The molecule has 0 amide bonds. The fourth-order valence-corrected chi connectivity index (χ4v) is 4.18. The third-order valence-corrected chi connectivity index (χ3v) is 5.13. The highest BCUT2D eigenvalue weighted by Crippen LogP contribution is 2.19. The van der Waals surface area contributed by atoms with E-state index in [0.717, 1.165) is 44.2 Å². The fourth-order valence-electron chi connectivity index (χ4n) is 3.11. The van der Waals surface area contributed by atoms with Crippen LogP contribution >= 0.6 is 0 Å². The van der Waals surface area contributed by atoms with Crippen molar-refractivity contribution in [3.63, 3.8) is 0 Å². The van der Waals surface area contributed by atoms with Crippen molar-refractivity contribution in [2.75, 3.05) is 32.4 Å². The molecule has 0 unspecified atom stereocenters. The molecule has 27 heavy (non-hydrogen) atoms. The first-order chi connectivity index (χ1) is 12.7. The summed E-state index contributed by atoms with van der Waals surface area (Å²) in [5.41, 5.74) is -0.636. The number of hydrogen-bond donors (Lipinski definition) is 2. The van der Waals surface area contributed by atoms with Gasteiger partial charge in [0.1, 0.15) is 11.9 Å². The lowest BCUT2D eigenvalue weighted by Gasteiger charge is -2.35. The summed E-state index contributed by atoms with van der Waals surface area (Å²) in [5.74, 6) is 1.73. The van der Waals surface area contributed by atoms with E-state index in [-0.39, 0.29) is 6.10 Å². The van der Waals surface area contributed by atoms with Gasteiger partial charge in [-0.25, -0.2) is 13.1 Å². The van der Waals surface area contributed by atoms with Crippen LogP contribution in [-0.2, 0) is 10.0 Å². The maximum atomic E-state index is 11.5. The van der Waals surface area contributed by atoms with Gasteiger partial charge in [-0.2, -0.15) is 0 Å². The number of piperidine rings is 1. The average molecular weight is 397 g/mol. The van der Waals surface area contributed by atoms with E-state index < -0.39 is 15.6 Å².